The zero-order valence-corrected chi connectivity index (χ0v) is 21.4. The van der Waals surface area contributed by atoms with E-state index in [0.717, 1.165) is 44.3 Å². The van der Waals surface area contributed by atoms with Crippen molar-refractivity contribution in [1.82, 2.24) is 25.7 Å². The molecule has 1 aliphatic heterocycles. The van der Waals surface area contributed by atoms with E-state index in [1.807, 2.05) is 0 Å². The van der Waals surface area contributed by atoms with Gasteiger partial charge in [-0.05, 0) is 43.5 Å². The standard InChI is InChI=1S/C23H36N6O.HI/c1-18(2)22-27-21(30-28-22)8-7-13-25-23(24-3)26-16-19-9-11-20(12-10-19)17-29-14-5-4-6-15-29;/h9-12,18H,4-8,13-17H2,1-3H3,(H2,24,25,26);1H. The summed E-state index contributed by atoms with van der Waals surface area (Å²) in [5, 5.41) is 10.7. The minimum Gasteiger partial charge on any atom is -0.356 e. The predicted octanol–water partition coefficient (Wildman–Crippen LogP) is 4.09. The summed E-state index contributed by atoms with van der Waals surface area (Å²) in [6.45, 7) is 9.21. The van der Waals surface area contributed by atoms with Crippen molar-refractivity contribution < 1.29 is 4.52 Å². The van der Waals surface area contributed by atoms with Crippen molar-refractivity contribution in [2.75, 3.05) is 26.7 Å². The Hall–Kier alpha value is -1.68. The van der Waals surface area contributed by atoms with E-state index in [-0.39, 0.29) is 24.0 Å². The molecule has 0 spiro atoms. The molecule has 2 aromatic rings. The SMILES string of the molecule is CN=C(NCCCc1nc(C(C)C)no1)NCc1ccc(CN2CCCCC2)cc1.I. The summed E-state index contributed by atoms with van der Waals surface area (Å²) in [5.74, 6) is 2.58. The van der Waals surface area contributed by atoms with Gasteiger partial charge in [-0.2, -0.15) is 4.98 Å². The van der Waals surface area contributed by atoms with Crippen LogP contribution in [0.3, 0.4) is 0 Å². The van der Waals surface area contributed by atoms with Crippen LogP contribution in [0.5, 0.6) is 0 Å². The van der Waals surface area contributed by atoms with Crippen LogP contribution in [0.2, 0.25) is 0 Å². The van der Waals surface area contributed by atoms with E-state index < -0.39 is 0 Å². The molecule has 0 bridgehead atoms. The van der Waals surface area contributed by atoms with Crippen molar-refractivity contribution in [3.05, 3.63) is 47.1 Å². The number of benzene rings is 1. The number of hydrogen-bond acceptors (Lipinski definition) is 5. The first-order chi connectivity index (χ1) is 14.6. The maximum absolute atomic E-state index is 5.28. The Morgan fingerprint density at radius 2 is 1.81 bits per heavy atom. The molecule has 172 valence electrons. The van der Waals surface area contributed by atoms with E-state index in [4.69, 9.17) is 4.52 Å². The molecule has 2 heterocycles. The Morgan fingerprint density at radius 3 is 2.45 bits per heavy atom. The lowest BCUT2D eigenvalue weighted by Crippen LogP contribution is -2.37. The second kappa shape index (κ2) is 13.7. The fourth-order valence-electron chi connectivity index (χ4n) is 3.60. The molecule has 1 aliphatic rings. The summed E-state index contributed by atoms with van der Waals surface area (Å²) in [5.41, 5.74) is 2.65. The molecule has 0 atom stereocenters. The summed E-state index contributed by atoms with van der Waals surface area (Å²) < 4.78 is 5.28. The molecule has 7 nitrogen and oxygen atoms in total. The first kappa shape index (κ1) is 25.6. The molecular weight excluding hydrogens is 503 g/mol. The van der Waals surface area contributed by atoms with Gasteiger partial charge in [0.2, 0.25) is 5.89 Å². The van der Waals surface area contributed by atoms with Gasteiger partial charge in [0.25, 0.3) is 0 Å². The Morgan fingerprint density at radius 1 is 1.10 bits per heavy atom. The number of aryl methyl sites for hydroxylation is 1. The Labute approximate surface area is 203 Å². The topological polar surface area (TPSA) is 78.6 Å². The molecule has 0 aliphatic carbocycles. The molecule has 0 saturated carbocycles. The summed E-state index contributed by atoms with van der Waals surface area (Å²) in [4.78, 5) is 11.3. The van der Waals surface area contributed by atoms with Crippen molar-refractivity contribution in [2.24, 2.45) is 4.99 Å². The van der Waals surface area contributed by atoms with Gasteiger partial charge in [-0.1, -0.05) is 49.7 Å². The van der Waals surface area contributed by atoms with Crippen molar-refractivity contribution in [2.45, 2.75) is 65.0 Å². The molecule has 2 N–H and O–H groups in total. The van der Waals surface area contributed by atoms with Crippen molar-refractivity contribution in [1.29, 1.82) is 0 Å². The second-order valence-electron chi connectivity index (χ2n) is 8.31. The monoisotopic (exact) mass is 540 g/mol. The molecule has 0 radical (unpaired) electrons. The Kier molecular flexibility index (Phi) is 11.3. The third-order valence-electron chi connectivity index (χ3n) is 5.42. The number of hydrogen-bond donors (Lipinski definition) is 2. The van der Waals surface area contributed by atoms with E-state index in [9.17, 15) is 0 Å². The van der Waals surface area contributed by atoms with Gasteiger partial charge in [0.1, 0.15) is 0 Å². The molecule has 1 fully saturated rings. The lowest BCUT2D eigenvalue weighted by atomic mass is 10.1. The van der Waals surface area contributed by atoms with Gasteiger partial charge in [-0.15, -0.1) is 24.0 Å². The fourth-order valence-corrected chi connectivity index (χ4v) is 3.60. The quantitative estimate of drug-likeness (QED) is 0.216. The van der Waals surface area contributed by atoms with Crippen LogP contribution in [-0.2, 0) is 19.5 Å². The van der Waals surface area contributed by atoms with Gasteiger partial charge in [0, 0.05) is 39.0 Å². The minimum atomic E-state index is 0. The number of nitrogens with zero attached hydrogens (tertiary/aromatic N) is 4. The van der Waals surface area contributed by atoms with Gasteiger partial charge < -0.3 is 15.2 Å². The third kappa shape index (κ3) is 8.76. The highest BCUT2D eigenvalue weighted by atomic mass is 127. The van der Waals surface area contributed by atoms with Gasteiger partial charge in [-0.3, -0.25) is 9.89 Å². The largest absolute Gasteiger partial charge is 0.356 e. The average molecular weight is 540 g/mol. The smallest absolute Gasteiger partial charge is 0.226 e. The van der Waals surface area contributed by atoms with Crippen molar-refractivity contribution in [3.8, 4) is 0 Å². The van der Waals surface area contributed by atoms with Crippen molar-refractivity contribution in [3.63, 3.8) is 0 Å². The lowest BCUT2D eigenvalue weighted by Gasteiger charge is -2.26. The van der Waals surface area contributed by atoms with Crippen LogP contribution in [0.1, 0.15) is 68.3 Å². The number of aromatic nitrogens is 2. The number of aliphatic imine (C=N–C) groups is 1. The van der Waals surface area contributed by atoms with Gasteiger partial charge in [0.15, 0.2) is 11.8 Å². The van der Waals surface area contributed by atoms with E-state index in [1.165, 1.54) is 43.5 Å². The second-order valence-corrected chi connectivity index (χ2v) is 8.31. The molecule has 31 heavy (non-hydrogen) atoms. The highest BCUT2D eigenvalue weighted by molar-refractivity contribution is 14.0. The zero-order chi connectivity index (χ0) is 21.2. The molecule has 1 aromatic heterocycles. The average Bonchev–Trinajstić information content (AvgIpc) is 3.24. The Balaban J connectivity index is 0.00000341. The van der Waals surface area contributed by atoms with Crippen LogP contribution in [-0.4, -0.2) is 47.7 Å². The normalized spacial score (nSPS) is 15.0. The first-order valence-corrected chi connectivity index (χ1v) is 11.2. The van der Waals surface area contributed by atoms with E-state index in [2.05, 4.69) is 68.8 Å². The van der Waals surface area contributed by atoms with Gasteiger partial charge >= 0.3 is 0 Å². The molecule has 1 aromatic carbocycles. The number of guanidine groups is 1. The molecular formula is C23H37IN6O. The van der Waals surface area contributed by atoms with Crippen LogP contribution < -0.4 is 10.6 Å². The molecule has 0 amide bonds. The van der Waals surface area contributed by atoms with Crippen LogP contribution in [0, 0.1) is 0 Å². The third-order valence-corrected chi connectivity index (χ3v) is 5.42. The summed E-state index contributed by atoms with van der Waals surface area (Å²) in [7, 11) is 1.80. The highest BCUT2D eigenvalue weighted by Gasteiger charge is 2.11. The van der Waals surface area contributed by atoms with Gasteiger partial charge in [-0.25, -0.2) is 0 Å². The number of rotatable bonds is 9. The predicted molar refractivity (Wildman–Crippen MR) is 136 cm³/mol. The van der Waals surface area contributed by atoms with Crippen molar-refractivity contribution >= 4 is 29.9 Å². The minimum absolute atomic E-state index is 0. The number of halogens is 1. The van der Waals surface area contributed by atoms with E-state index >= 15 is 0 Å². The summed E-state index contributed by atoms with van der Waals surface area (Å²) in [6, 6.07) is 8.91. The van der Waals surface area contributed by atoms with Crippen LogP contribution in [0.25, 0.3) is 0 Å². The molecule has 1 saturated heterocycles. The van der Waals surface area contributed by atoms with Gasteiger partial charge in [0.05, 0.1) is 0 Å². The maximum atomic E-state index is 5.28. The molecule has 8 heteroatoms. The van der Waals surface area contributed by atoms with Crippen LogP contribution in [0.15, 0.2) is 33.8 Å². The Bertz CT molecular complexity index is 784. The highest BCUT2D eigenvalue weighted by Crippen LogP contribution is 2.14. The summed E-state index contributed by atoms with van der Waals surface area (Å²) in [6.07, 6.45) is 5.73. The zero-order valence-electron chi connectivity index (χ0n) is 19.1. The number of piperidine rings is 1. The number of likely N-dealkylation sites (tertiary alicyclic amines) is 1. The fraction of sp³-hybridized carbons (Fsp3) is 0.609. The van der Waals surface area contributed by atoms with Crippen LogP contribution >= 0.6 is 24.0 Å². The summed E-state index contributed by atoms with van der Waals surface area (Å²) >= 11 is 0. The molecule has 0 unspecified atom stereocenters. The van der Waals surface area contributed by atoms with E-state index in [1.54, 1.807) is 7.05 Å². The number of nitrogens with one attached hydrogen (secondary N) is 2. The van der Waals surface area contributed by atoms with E-state index in [0.29, 0.717) is 11.8 Å². The molecule has 3 rings (SSSR count). The first-order valence-electron chi connectivity index (χ1n) is 11.2. The van der Waals surface area contributed by atoms with Crippen LogP contribution in [0.4, 0.5) is 0 Å². The maximum Gasteiger partial charge on any atom is 0.226 e. The lowest BCUT2D eigenvalue weighted by molar-refractivity contribution is 0.221.